The summed E-state index contributed by atoms with van der Waals surface area (Å²) in [4.78, 5) is 10.9. The molecular formula is C7H11OSY-. The fourth-order valence-electron chi connectivity index (χ4n) is 0.946. The van der Waals surface area contributed by atoms with E-state index in [2.05, 4.69) is 6.92 Å². The van der Waals surface area contributed by atoms with E-state index in [1.807, 2.05) is 6.92 Å². The predicted molar refractivity (Wildman–Crippen MR) is 40.2 cm³/mol. The largest absolute Gasteiger partial charge is 0.322 e. The predicted octanol–water partition coefficient (Wildman–Crippen LogP) is 2.02. The van der Waals surface area contributed by atoms with E-state index >= 15 is 0 Å². The maximum atomic E-state index is 10.9. The number of rotatable bonds is 1. The normalized spacial score (nSPS) is 24.8. The molecule has 1 heterocycles. The summed E-state index contributed by atoms with van der Waals surface area (Å²) in [5, 5.41) is 0.888. The van der Waals surface area contributed by atoms with Gasteiger partial charge in [-0.15, -0.1) is 18.2 Å². The molecule has 0 amide bonds. The van der Waals surface area contributed by atoms with Crippen molar-refractivity contribution in [3.8, 4) is 0 Å². The second-order valence-corrected chi connectivity index (χ2v) is 3.69. The van der Waals surface area contributed by atoms with Crippen LogP contribution in [0.1, 0.15) is 26.7 Å². The Hall–Kier alpha value is 0.994. The molecule has 10 heavy (non-hydrogen) atoms. The molecule has 0 N–H and O–H groups in total. The summed E-state index contributed by atoms with van der Waals surface area (Å²) in [6.07, 6.45) is 2.13. The van der Waals surface area contributed by atoms with E-state index in [0.29, 0.717) is 10.4 Å². The minimum absolute atomic E-state index is 0. The molecule has 0 bridgehead atoms. The van der Waals surface area contributed by atoms with E-state index in [-0.39, 0.29) is 32.7 Å². The van der Waals surface area contributed by atoms with Crippen molar-refractivity contribution in [2.24, 2.45) is 0 Å². The van der Waals surface area contributed by atoms with Crippen molar-refractivity contribution in [1.29, 1.82) is 0 Å². The first kappa shape index (κ1) is 11.0. The van der Waals surface area contributed by atoms with Crippen LogP contribution in [0.5, 0.6) is 0 Å². The standard InChI is InChI=1S/C7H11OS.Y/c1-3-6-4-5(2)7(8)9-6;/h6H,3-4H2,1-2H3;/q-1;/t6-;/m1./s1. The van der Waals surface area contributed by atoms with E-state index in [1.165, 1.54) is 11.8 Å². The molecule has 1 aliphatic rings. The van der Waals surface area contributed by atoms with Crippen LogP contribution >= 0.6 is 11.8 Å². The second kappa shape index (κ2) is 4.79. The number of carbonyl (C=O) groups is 1. The second-order valence-electron chi connectivity index (χ2n) is 2.42. The van der Waals surface area contributed by atoms with Crippen LogP contribution in [0.2, 0.25) is 0 Å². The van der Waals surface area contributed by atoms with Gasteiger partial charge in [0.15, 0.2) is 0 Å². The van der Waals surface area contributed by atoms with Crippen LogP contribution in [0, 0.1) is 5.92 Å². The third-order valence-electron chi connectivity index (χ3n) is 1.61. The quantitative estimate of drug-likeness (QED) is 0.643. The van der Waals surface area contributed by atoms with Crippen molar-refractivity contribution in [3.05, 3.63) is 5.92 Å². The van der Waals surface area contributed by atoms with Crippen LogP contribution in [0.15, 0.2) is 0 Å². The number of carbonyl (C=O) groups excluding carboxylic acids is 1. The molecule has 1 radical (unpaired) electrons. The van der Waals surface area contributed by atoms with Gasteiger partial charge in [0.2, 0.25) is 0 Å². The zero-order valence-electron chi connectivity index (χ0n) is 6.39. The zero-order valence-corrected chi connectivity index (χ0v) is 10.0. The van der Waals surface area contributed by atoms with Gasteiger partial charge in [-0.25, -0.2) is 0 Å². The molecule has 1 fully saturated rings. The number of thioether (sulfide) groups is 1. The Kier molecular flexibility index (Phi) is 5.26. The Bertz CT molecular complexity index is 127. The van der Waals surface area contributed by atoms with Crippen molar-refractivity contribution < 1.29 is 37.5 Å². The fraction of sp³-hybridized carbons (Fsp3) is 0.714. The van der Waals surface area contributed by atoms with Gasteiger partial charge < -0.3 is 10.7 Å². The molecule has 0 unspecified atom stereocenters. The fourth-order valence-corrected chi connectivity index (χ4v) is 2.03. The number of hydrogen-bond donors (Lipinski definition) is 0. The van der Waals surface area contributed by atoms with Crippen molar-refractivity contribution in [2.45, 2.75) is 31.9 Å². The summed E-state index contributed by atoms with van der Waals surface area (Å²) in [5.74, 6) is 1.05. The minimum atomic E-state index is 0. The molecule has 1 rings (SSSR count). The molecule has 0 aromatic rings. The summed E-state index contributed by atoms with van der Waals surface area (Å²) in [6, 6.07) is 0. The zero-order chi connectivity index (χ0) is 6.85. The third-order valence-corrected chi connectivity index (χ3v) is 3.01. The van der Waals surface area contributed by atoms with Crippen LogP contribution in [-0.4, -0.2) is 10.4 Å². The van der Waals surface area contributed by atoms with Crippen LogP contribution < -0.4 is 0 Å². The van der Waals surface area contributed by atoms with Gasteiger partial charge in [0.05, 0.1) is 5.12 Å². The van der Waals surface area contributed by atoms with Gasteiger partial charge in [-0.2, -0.15) is 6.92 Å². The molecule has 0 aromatic carbocycles. The summed E-state index contributed by atoms with van der Waals surface area (Å²) >= 11 is 1.50. The van der Waals surface area contributed by atoms with E-state index in [9.17, 15) is 4.79 Å². The molecule has 1 atom stereocenters. The van der Waals surface area contributed by atoms with Gasteiger partial charge in [-0.3, -0.25) is 0 Å². The first-order valence-electron chi connectivity index (χ1n) is 3.27. The molecule has 0 saturated carbocycles. The van der Waals surface area contributed by atoms with Gasteiger partial charge in [0, 0.05) is 32.7 Å². The monoisotopic (exact) mass is 232 g/mol. The molecule has 3 heteroatoms. The van der Waals surface area contributed by atoms with Gasteiger partial charge in [-0.1, -0.05) is 6.92 Å². The molecule has 1 nitrogen and oxygen atoms in total. The summed E-state index contributed by atoms with van der Waals surface area (Å²) < 4.78 is 0. The van der Waals surface area contributed by atoms with E-state index in [1.54, 1.807) is 0 Å². The summed E-state index contributed by atoms with van der Waals surface area (Å²) in [5.41, 5.74) is 0. The average Bonchev–Trinajstić information content (AvgIpc) is 2.13. The minimum Gasteiger partial charge on any atom is -0.322 e. The first-order chi connectivity index (χ1) is 4.24. The number of hydrogen-bond acceptors (Lipinski definition) is 2. The third kappa shape index (κ3) is 2.56. The van der Waals surface area contributed by atoms with Crippen LogP contribution in [-0.2, 0) is 37.5 Å². The SMILES string of the molecule is CC[C@@H]1C[C-](C)C(=O)S1.[Y]. The maximum Gasteiger partial charge on any atom is 0.0571 e. The summed E-state index contributed by atoms with van der Waals surface area (Å²) in [6.45, 7) is 4.06. The van der Waals surface area contributed by atoms with E-state index in [4.69, 9.17) is 0 Å². The van der Waals surface area contributed by atoms with Crippen molar-refractivity contribution in [3.63, 3.8) is 0 Å². The van der Waals surface area contributed by atoms with Crippen molar-refractivity contribution in [1.82, 2.24) is 0 Å². The molecule has 55 valence electrons. The molecule has 1 aliphatic heterocycles. The Labute approximate surface area is 91.6 Å². The molecular weight excluding hydrogens is 221 g/mol. The van der Waals surface area contributed by atoms with E-state index < -0.39 is 0 Å². The summed E-state index contributed by atoms with van der Waals surface area (Å²) in [7, 11) is 0. The van der Waals surface area contributed by atoms with E-state index in [0.717, 1.165) is 18.8 Å². The van der Waals surface area contributed by atoms with Gasteiger partial charge >= 0.3 is 0 Å². The van der Waals surface area contributed by atoms with Gasteiger partial charge in [0.25, 0.3) is 0 Å². The van der Waals surface area contributed by atoms with Crippen molar-refractivity contribution >= 4 is 16.9 Å². The Morgan fingerprint density at radius 3 is 2.60 bits per heavy atom. The average molecular weight is 232 g/mol. The maximum absolute atomic E-state index is 10.9. The molecule has 0 aliphatic carbocycles. The first-order valence-corrected chi connectivity index (χ1v) is 4.15. The van der Waals surface area contributed by atoms with Crippen LogP contribution in [0.4, 0.5) is 0 Å². The Balaban J connectivity index is 0.000000810. The van der Waals surface area contributed by atoms with Gasteiger partial charge in [0.1, 0.15) is 0 Å². The Morgan fingerprint density at radius 1 is 1.80 bits per heavy atom. The molecule has 1 saturated heterocycles. The van der Waals surface area contributed by atoms with Crippen LogP contribution in [0.3, 0.4) is 0 Å². The Morgan fingerprint density at radius 2 is 2.40 bits per heavy atom. The topological polar surface area (TPSA) is 17.1 Å². The van der Waals surface area contributed by atoms with Gasteiger partial charge in [-0.05, 0) is 11.7 Å². The van der Waals surface area contributed by atoms with Crippen molar-refractivity contribution in [2.75, 3.05) is 0 Å². The molecule has 0 aromatic heterocycles. The smallest absolute Gasteiger partial charge is 0.0571 e. The molecule has 0 spiro atoms. The van der Waals surface area contributed by atoms with Crippen LogP contribution in [0.25, 0.3) is 0 Å².